The van der Waals surface area contributed by atoms with Gasteiger partial charge in [-0.2, -0.15) is 13.2 Å². The van der Waals surface area contributed by atoms with Gasteiger partial charge in [-0.1, -0.05) is 11.3 Å². The summed E-state index contributed by atoms with van der Waals surface area (Å²) in [6.45, 7) is 3.61. The van der Waals surface area contributed by atoms with Crippen LogP contribution in [0.2, 0.25) is 0 Å². The molecule has 2 aliphatic heterocycles. The van der Waals surface area contributed by atoms with Gasteiger partial charge in [0.25, 0.3) is 5.19 Å². The zero-order valence-electron chi connectivity index (χ0n) is 18.9. The van der Waals surface area contributed by atoms with Crippen LogP contribution in [0.5, 0.6) is 5.19 Å². The number of aryl methyl sites for hydroxylation is 1. The number of amides is 1. The van der Waals surface area contributed by atoms with Crippen LogP contribution in [0.1, 0.15) is 39.8 Å². The molecule has 1 amide bonds. The first-order chi connectivity index (χ1) is 16.2. The van der Waals surface area contributed by atoms with Crippen molar-refractivity contribution in [2.45, 2.75) is 63.8 Å². The predicted octanol–water partition coefficient (Wildman–Crippen LogP) is 2.94. The molecule has 1 fully saturated rings. The molecule has 0 bridgehead atoms. The maximum absolute atomic E-state index is 12.4. The van der Waals surface area contributed by atoms with Crippen LogP contribution in [0.25, 0.3) is 0 Å². The Hall–Kier alpha value is -1.83. The van der Waals surface area contributed by atoms with Crippen molar-refractivity contribution in [1.82, 2.24) is 25.4 Å². The van der Waals surface area contributed by atoms with Gasteiger partial charge < -0.3 is 19.7 Å². The molecule has 0 unspecified atom stereocenters. The summed E-state index contributed by atoms with van der Waals surface area (Å²) in [6.07, 6.45) is 0.203. The number of fused-ring (bicyclic) bond motifs is 1. The van der Waals surface area contributed by atoms with Gasteiger partial charge in [0.1, 0.15) is 10.0 Å². The van der Waals surface area contributed by atoms with Crippen LogP contribution in [-0.2, 0) is 28.8 Å². The zero-order valence-corrected chi connectivity index (χ0v) is 20.5. The van der Waals surface area contributed by atoms with Crippen molar-refractivity contribution >= 4 is 28.6 Å². The maximum atomic E-state index is 12.4. The van der Waals surface area contributed by atoms with Gasteiger partial charge in [0.2, 0.25) is 5.91 Å². The average Bonchev–Trinajstić information content (AvgIpc) is 3.32. The van der Waals surface area contributed by atoms with Crippen LogP contribution in [0.4, 0.5) is 13.2 Å². The smallest absolute Gasteiger partial charge is 0.422 e. The second-order valence-electron chi connectivity index (χ2n) is 8.57. The molecule has 2 atom stereocenters. The summed E-state index contributed by atoms with van der Waals surface area (Å²) in [5.41, 5.74) is 0.848. The lowest BCUT2D eigenvalue weighted by atomic mass is 10.0. The third-order valence-electron chi connectivity index (χ3n) is 5.82. The molecule has 1 N–H and O–H groups in total. The molecule has 0 aliphatic carbocycles. The molecule has 34 heavy (non-hydrogen) atoms. The molecular weight excluding hydrogens is 491 g/mol. The molecule has 0 radical (unpaired) electrons. The van der Waals surface area contributed by atoms with E-state index < -0.39 is 12.8 Å². The van der Waals surface area contributed by atoms with Crippen molar-refractivity contribution in [3.63, 3.8) is 0 Å². The third-order valence-corrected chi connectivity index (χ3v) is 7.73. The highest BCUT2D eigenvalue weighted by Gasteiger charge is 2.30. The highest BCUT2D eigenvalue weighted by atomic mass is 32.1. The monoisotopic (exact) mass is 519 g/mol. The molecule has 0 aromatic carbocycles. The molecule has 1 saturated heterocycles. The number of carbonyl (C=O) groups excluding carboxylic acids is 1. The number of alkyl halides is 3. The Bertz CT molecular complexity index is 934. The van der Waals surface area contributed by atoms with Gasteiger partial charge in [-0.05, 0) is 32.6 Å². The van der Waals surface area contributed by atoms with Crippen molar-refractivity contribution < 1.29 is 27.4 Å². The molecule has 8 nitrogen and oxygen atoms in total. The fraction of sp³-hybridized carbons (Fsp3) is 0.714. The fourth-order valence-corrected chi connectivity index (χ4v) is 5.76. The SMILES string of the molecule is Cc1nnc(CC(=O)N[C@H]2CC[C@H](CCN3CCc4nc(OCC(F)(F)F)sc4CC3)OC2)s1. The molecule has 4 heterocycles. The molecule has 0 saturated carbocycles. The number of thiazole rings is 1. The average molecular weight is 520 g/mol. The lowest BCUT2D eigenvalue weighted by molar-refractivity contribution is -0.153. The number of rotatable bonds is 8. The summed E-state index contributed by atoms with van der Waals surface area (Å²) in [5, 5.41) is 12.6. The Labute approximate surface area is 203 Å². The summed E-state index contributed by atoms with van der Waals surface area (Å²) < 4.78 is 47.9. The van der Waals surface area contributed by atoms with Gasteiger partial charge in [0, 0.05) is 30.9 Å². The summed E-state index contributed by atoms with van der Waals surface area (Å²) in [5.74, 6) is -0.0548. The van der Waals surface area contributed by atoms with Crippen molar-refractivity contribution in [3.05, 3.63) is 20.6 Å². The zero-order chi connectivity index (χ0) is 24.1. The first-order valence-corrected chi connectivity index (χ1v) is 13.0. The first-order valence-electron chi connectivity index (χ1n) is 11.3. The highest BCUT2D eigenvalue weighted by Crippen LogP contribution is 2.29. The van der Waals surface area contributed by atoms with E-state index in [-0.39, 0.29) is 29.7 Å². The minimum absolute atomic E-state index is 0.0202. The Morgan fingerprint density at radius 1 is 1.24 bits per heavy atom. The first kappa shape index (κ1) is 25.3. The summed E-state index contributed by atoms with van der Waals surface area (Å²) in [7, 11) is 0. The van der Waals surface area contributed by atoms with Crippen LogP contribution in [0, 0.1) is 6.92 Å². The van der Waals surface area contributed by atoms with E-state index in [0.29, 0.717) is 13.0 Å². The van der Waals surface area contributed by atoms with E-state index >= 15 is 0 Å². The van der Waals surface area contributed by atoms with Crippen LogP contribution < -0.4 is 10.1 Å². The summed E-state index contributed by atoms with van der Waals surface area (Å²) in [6, 6.07) is 0.0202. The number of nitrogens with zero attached hydrogens (tertiary/aromatic N) is 4. The number of ether oxygens (including phenoxy) is 2. The van der Waals surface area contributed by atoms with Crippen molar-refractivity contribution in [2.75, 3.05) is 32.8 Å². The maximum Gasteiger partial charge on any atom is 0.422 e. The molecular formula is C21H28F3N5O3S2. The van der Waals surface area contributed by atoms with E-state index in [9.17, 15) is 18.0 Å². The van der Waals surface area contributed by atoms with E-state index in [1.54, 1.807) is 0 Å². The third kappa shape index (κ3) is 7.59. The molecule has 2 aromatic rings. The fourth-order valence-electron chi connectivity index (χ4n) is 4.11. The van der Waals surface area contributed by atoms with Gasteiger partial charge >= 0.3 is 6.18 Å². The van der Waals surface area contributed by atoms with E-state index in [4.69, 9.17) is 9.47 Å². The second kappa shape index (κ2) is 11.3. The lowest BCUT2D eigenvalue weighted by Crippen LogP contribution is -2.44. The second-order valence-corrected chi connectivity index (χ2v) is 10.9. The predicted molar refractivity (Wildman–Crippen MR) is 121 cm³/mol. The van der Waals surface area contributed by atoms with Gasteiger partial charge in [0.05, 0.1) is 30.9 Å². The van der Waals surface area contributed by atoms with Crippen LogP contribution in [-0.4, -0.2) is 77.2 Å². The Morgan fingerprint density at radius 2 is 2.06 bits per heavy atom. The number of nitrogens with one attached hydrogen (secondary N) is 1. The molecule has 0 spiro atoms. The molecule has 2 aromatic heterocycles. The summed E-state index contributed by atoms with van der Waals surface area (Å²) in [4.78, 5) is 19.8. The minimum Gasteiger partial charge on any atom is -0.460 e. The number of hydrogen-bond acceptors (Lipinski definition) is 9. The van der Waals surface area contributed by atoms with Crippen molar-refractivity contribution in [3.8, 4) is 5.19 Å². The number of aromatic nitrogens is 3. The van der Waals surface area contributed by atoms with Gasteiger partial charge in [0.15, 0.2) is 6.61 Å². The highest BCUT2D eigenvalue weighted by molar-refractivity contribution is 7.13. The Balaban J connectivity index is 1.13. The number of hydrogen-bond donors (Lipinski definition) is 1. The van der Waals surface area contributed by atoms with Crippen LogP contribution in [0.15, 0.2) is 0 Å². The van der Waals surface area contributed by atoms with Gasteiger partial charge in [-0.15, -0.1) is 21.5 Å². The van der Waals surface area contributed by atoms with Gasteiger partial charge in [-0.25, -0.2) is 4.98 Å². The Morgan fingerprint density at radius 3 is 2.76 bits per heavy atom. The topological polar surface area (TPSA) is 89.5 Å². The van der Waals surface area contributed by atoms with E-state index in [1.165, 1.54) is 22.7 Å². The normalized spacial score (nSPS) is 21.6. The van der Waals surface area contributed by atoms with Crippen molar-refractivity contribution in [1.29, 1.82) is 0 Å². The number of halogens is 3. The lowest BCUT2D eigenvalue weighted by Gasteiger charge is -2.31. The largest absolute Gasteiger partial charge is 0.460 e. The van der Waals surface area contributed by atoms with E-state index in [0.717, 1.165) is 65.9 Å². The molecule has 4 rings (SSSR count). The summed E-state index contributed by atoms with van der Waals surface area (Å²) >= 11 is 2.65. The molecule has 13 heteroatoms. The van der Waals surface area contributed by atoms with Crippen LogP contribution >= 0.6 is 22.7 Å². The van der Waals surface area contributed by atoms with E-state index in [1.807, 2.05) is 6.92 Å². The molecule has 2 aliphatic rings. The molecule has 188 valence electrons. The standard InChI is InChI=1S/C21H28F3N5O3S2/c1-13-27-28-19(33-13)10-18(30)25-14-2-3-15(31-11-14)4-7-29-8-5-16-17(6-9-29)34-20(26-16)32-12-21(22,23)24/h14-15H,2-12H2,1H3,(H,25,30)/t14-,15+/m0/s1. The van der Waals surface area contributed by atoms with E-state index in [2.05, 4.69) is 25.4 Å². The quantitative estimate of drug-likeness (QED) is 0.574. The minimum atomic E-state index is -4.36. The van der Waals surface area contributed by atoms with Gasteiger partial charge in [-0.3, -0.25) is 4.79 Å². The van der Waals surface area contributed by atoms with Crippen molar-refractivity contribution in [2.24, 2.45) is 0 Å². The Kier molecular flexibility index (Phi) is 8.38. The van der Waals surface area contributed by atoms with Crippen LogP contribution in [0.3, 0.4) is 0 Å². The number of carbonyl (C=O) groups is 1.